The Bertz CT molecular complexity index is 457. The van der Waals surface area contributed by atoms with Crippen LogP contribution in [0.25, 0.3) is 0 Å². The summed E-state index contributed by atoms with van der Waals surface area (Å²) in [6, 6.07) is 1.38. The van der Waals surface area contributed by atoms with Gasteiger partial charge in [0.05, 0.1) is 18.4 Å². The molecule has 2 fully saturated rings. The summed E-state index contributed by atoms with van der Waals surface area (Å²) in [5, 5.41) is 8.16. The number of hydrogen-bond acceptors (Lipinski definition) is 4. The molecule has 1 aromatic rings. The number of rotatable bonds is 4. The van der Waals surface area contributed by atoms with Gasteiger partial charge in [0, 0.05) is 32.2 Å². The number of hydrogen-bond donors (Lipinski definition) is 1. The van der Waals surface area contributed by atoms with Crippen LogP contribution in [0.5, 0.6) is 5.88 Å². The first-order chi connectivity index (χ1) is 9.20. The molecule has 0 amide bonds. The summed E-state index contributed by atoms with van der Waals surface area (Å²) in [5.74, 6) is 0.881. The molecule has 1 N–H and O–H groups in total. The molecule has 5 nitrogen and oxygen atoms in total. The molecule has 0 bridgehead atoms. The van der Waals surface area contributed by atoms with Crippen molar-refractivity contribution in [3.63, 3.8) is 0 Å². The lowest BCUT2D eigenvalue weighted by Crippen LogP contribution is -2.38. The molecule has 0 radical (unpaired) electrons. The molecule has 2 saturated heterocycles. The molecule has 2 atom stereocenters. The van der Waals surface area contributed by atoms with Crippen molar-refractivity contribution < 1.29 is 4.74 Å². The Hall–Kier alpha value is -1.07. The van der Waals surface area contributed by atoms with Crippen LogP contribution < -0.4 is 10.1 Å². The molecule has 0 aliphatic carbocycles. The van der Waals surface area contributed by atoms with Crippen molar-refractivity contribution in [2.75, 3.05) is 20.2 Å². The average Bonchev–Trinajstić information content (AvgIpc) is 3.02. The van der Waals surface area contributed by atoms with Crippen molar-refractivity contribution in [3.8, 4) is 5.88 Å². The summed E-state index contributed by atoms with van der Waals surface area (Å²) >= 11 is 0. The van der Waals surface area contributed by atoms with Gasteiger partial charge < -0.3 is 10.1 Å². The second kappa shape index (κ2) is 5.13. The molecular formula is C14H24N4O. The first-order valence-electron chi connectivity index (χ1n) is 7.24. The Morgan fingerprint density at radius 3 is 3.00 bits per heavy atom. The molecule has 106 valence electrons. The maximum atomic E-state index is 5.45. The van der Waals surface area contributed by atoms with Gasteiger partial charge in [-0.15, -0.1) is 0 Å². The molecule has 19 heavy (non-hydrogen) atoms. The van der Waals surface area contributed by atoms with Gasteiger partial charge in [0.2, 0.25) is 5.88 Å². The number of aromatic nitrogens is 2. The van der Waals surface area contributed by atoms with Crippen LogP contribution in [0.4, 0.5) is 0 Å². The zero-order valence-corrected chi connectivity index (χ0v) is 12.1. The molecule has 0 spiro atoms. The minimum Gasteiger partial charge on any atom is -0.481 e. The highest BCUT2D eigenvalue weighted by atomic mass is 16.5. The van der Waals surface area contributed by atoms with E-state index in [1.54, 1.807) is 7.11 Å². The summed E-state index contributed by atoms with van der Waals surface area (Å²) < 4.78 is 7.27. The SMILES string of the molecule is COc1c(CNC2CCN3CCCC23)c(C)nn1C. The first-order valence-corrected chi connectivity index (χ1v) is 7.24. The first kappa shape index (κ1) is 12.9. The van der Waals surface area contributed by atoms with E-state index >= 15 is 0 Å². The highest BCUT2D eigenvalue weighted by molar-refractivity contribution is 5.30. The number of methoxy groups -OCH3 is 1. The van der Waals surface area contributed by atoms with Gasteiger partial charge in [-0.1, -0.05) is 0 Å². The van der Waals surface area contributed by atoms with Crippen LogP contribution in [-0.2, 0) is 13.6 Å². The van der Waals surface area contributed by atoms with Crippen molar-refractivity contribution >= 4 is 0 Å². The number of nitrogens with one attached hydrogen (secondary N) is 1. The van der Waals surface area contributed by atoms with Gasteiger partial charge in [-0.05, 0) is 32.7 Å². The van der Waals surface area contributed by atoms with Gasteiger partial charge >= 0.3 is 0 Å². The minimum atomic E-state index is 0.631. The lowest BCUT2D eigenvalue weighted by atomic mass is 10.1. The van der Waals surface area contributed by atoms with Crippen LogP contribution >= 0.6 is 0 Å². The van der Waals surface area contributed by atoms with E-state index in [-0.39, 0.29) is 0 Å². The summed E-state index contributed by atoms with van der Waals surface area (Å²) in [5.41, 5.74) is 2.26. The maximum Gasteiger partial charge on any atom is 0.216 e. The summed E-state index contributed by atoms with van der Waals surface area (Å²) in [6.07, 6.45) is 3.98. The van der Waals surface area contributed by atoms with Crippen molar-refractivity contribution in [1.29, 1.82) is 0 Å². The summed E-state index contributed by atoms with van der Waals surface area (Å²) in [7, 11) is 3.65. The van der Waals surface area contributed by atoms with Gasteiger partial charge in [0.15, 0.2) is 0 Å². The van der Waals surface area contributed by atoms with Gasteiger partial charge in [-0.2, -0.15) is 5.10 Å². The van der Waals surface area contributed by atoms with Gasteiger partial charge in [-0.3, -0.25) is 4.90 Å². The minimum absolute atomic E-state index is 0.631. The fourth-order valence-corrected chi connectivity index (χ4v) is 3.69. The number of nitrogens with zero attached hydrogens (tertiary/aromatic N) is 3. The molecule has 3 rings (SSSR count). The average molecular weight is 264 g/mol. The fraction of sp³-hybridized carbons (Fsp3) is 0.786. The second-order valence-corrected chi connectivity index (χ2v) is 5.72. The Morgan fingerprint density at radius 1 is 1.37 bits per heavy atom. The van der Waals surface area contributed by atoms with Gasteiger partial charge in [0.1, 0.15) is 0 Å². The van der Waals surface area contributed by atoms with Crippen LogP contribution in [0.2, 0.25) is 0 Å². The smallest absolute Gasteiger partial charge is 0.216 e. The Kier molecular flexibility index (Phi) is 3.50. The van der Waals surface area contributed by atoms with E-state index in [1.807, 2.05) is 11.7 Å². The Balaban J connectivity index is 1.66. The molecule has 2 aliphatic heterocycles. The molecule has 3 heterocycles. The summed E-state index contributed by atoms with van der Waals surface area (Å²) in [6.45, 7) is 5.46. The van der Waals surface area contributed by atoms with E-state index in [4.69, 9.17) is 4.74 Å². The summed E-state index contributed by atoms with van der Waals surface area (Å²) in [4.78, 5) is 2.63. The van der Waals surface area contributed by atoms with Crippen LogP contribution in [0.3, 0.4) is 0 Å². The van der Waals surface area contributed by atoms with E-state index in [1.165, 1.54) is 37.9 Å². The van der Waals surface area contributed by atoms with E-state index in [0.29, 0.717) is 6.04 Å². The van der Waals surface area contributed by atoms with E-state index in [9.17, 15) is 0 Å². The highest BCUT2D eigenvalue weighted by Gasteiger charge is 2.36. The fourth-order valence-electron chi connectivity index (χ4n) is 3.69. The van der Waals surface area contributed by atoms with Crippen LogP contribution in [0, 0.1) is 6.92 Å². The lowest BCUT2D eigenvalue weighted by molar-refractivity contribution is 0.297. The molecule has 2 aliphatic rings. The maximum absolute atomic E-state index is 5.45. The molecular weight excluding hydrogens is 240 g/mol. The molecule has 5 heteroatoms. The number of aryl methyl sites for hydroxylation is 2. The van der Waals surface area contributed by atoms with Gasteiger partial charge in [0.25, 0.3) is 0 Å². The molecule has 0 saturated carbocycles. The monoisotopic (exact) mass is 264 g/mol. The predicted molar refractivity (Wildman–Crippen MR) is 74.3 cm³/mol. The van der Waals surface area contributed by atoms with Crippen molar-refractivity contribution in [1.82, 2.24) is 20.0 Å². The van der Waals surface area contributed by atoms with E-state index in [2.05, 4.69) is 22.2 Å². The highest BCUT2D eigenvalue weighted by Crippen LogP contribution is 2.29. The quantitative estimate of drug-likeness (QED) is 0.883. The third-order valence-electron chi connectivity index (χ3n) is 4.63. The number of fused-ring (bicyclic) bond motifs is 1. The second-order valence-electron chi connectivity index (χ2n) is 5.72. The van der Waals surface area contributed by atoms with Crippen molar-refractivity contribution in [3.05, 3.63) is 11.3 Å². The molecule has 1 aromatic heterocycles. The van der Waals surface area contributed by atoms with Gasteiger partial charge in [-0.25, -0.2) is 4.68 Å². The van der Waals surface area contributed by atoms with Crippen LogP contribution in [-0.4, -0.2) is 47.0 Å². The third kappa shape index (κ3) is 2.25. The van der Waals surface area contributed by atoms with E-state index < -0.39 is 0 Å². The Morgan fingerprint density at radius 2 is 2.21 bits per heavy atom. The van der Waals surface area contributed by atoms with Crippen LogP contribution in [0.1, 0.15) is 30.5 Å². The lowest BCUT2D eigenvalue weighted by Gasteiger charge is -2.21. The molecule has 2 unspecified atom stereocenters. The van der Waals surface area contributed by atoms with Crippen molar-refractivity contribution in [2.24, 2.45) is 7.05 Å². The number of ether oxygens (including phenoxy) is 1. The zero-order valence-electron chi connectivity index (χ0n) is 12.1. The zero-order chi connectivity index (χ0) is 13.4. The largest absolute Gasteiger partial charge is 0.481 e. The third-order valence-corrected chi connectivity index (χ3v) is 4.63. The normalized spacial score (nSPS) is 26.9. The predicted octanol–water partition coefficient (Wildman–Crippen LogP) is 1.06. The molecule has 0 aromatic carbocycles. The standard InChI is InChI=1S/C14H24N4O/c1-10-11(14(19-3)17(2)16-10)9-15-12-6-8-18-7-4-5-13(12)18/h12-13,15H,4-9H2,1-3H3. The van der Waals surface area contributed by atoms with E-state index in [0.717, 1.165) is 24.2 Å². The topological polar surface area (TPSA) is 42.3 Å². The van der Waals surface area contributed by atoms with Crippen LogP contribution in [0.15, 0.2) is 0 Å². The van der Waals surface area contributed by atoms with Crippen molar-refractivity contribution in [2.45, 2.75) is 44.8 Å². The Labute approximate surface area is 114 Å².